The number of benzene rings is 1. The summed E-state index contributed by atoms with van der Waals surface area (Å²) in [5.41, 5.74) is 0.989. The molecule has 2 rings (SSSR count). The Labute approximate surface area is 133 Å². The number of nitrogens with one attached hydrogen (secondary N) is 1. The maximum atomic E-state index is 11.8. The van der Waals surface area contributed by atoms with Gasteiger partial charge in [0, 0.05) is 18.2 Å². The second kappa shape index (κ2) is 7.44. The molecule has 0 unspecified atom stereocenters. The molecule has 23 heavy (non-hydrogen) atoms. The van der Waals surface area contributed by atoms with E-state index in [1.165, 1.54) is 6.07 Å². The first-order valence-electron chi connectivity index (χ1n) is 7.16. The third-order valence-corrected chi connectivity index (χ3v) is 3.21. The van der Waals surface area contributed by atoms with Crippen LogP contribution in [0.25, 0.3) is 11.3 Å². The summed E-state index contributed by atoms with van der Waals surface area (Å²) >= 11 is 0. The van der Waals surface area contributed by atoms with Crippen LogP contribution in [0, 0.1) is 0 Å². The molecule has 1 aromatic carbocycles. The lowest BCUT2D eigenvalue weighted by molar-refractivity contribution is -0.121. The number of ether oxygens (including phenoxy) is 2. The Balaban J connectivity index is 2.37. The summed E-state index contributed by atoms with van der Waals surface area (Å²) in [5, 5.41) is 6.88. The number of nitrogens with zero attached hydrogens (tertiary/aromatic N) is 2. The Morgan fingerprint density at radius 2 is 1.91 bits per heavy atom. The van der Waals surface area contributed by atoms with E-state index in [9.17, 15) is 9.59 Å². The van der Waals surface area contributed by atoms with Crippen molar-refractivity contribution in [1.29, 1.82) is 0 Å². The number of carbonyl (C=O) groups is 1. The van der Waals surface area contributed by atoms with Crippen molar-refractivity contribution in [2.45, 2.75) is 13.5 Å². The number of methoxy groups -OCH3 is 2. The molecule has 7 heteroatoms. The largest absolute Gasteiger partial charge is 0.493 e. The number of amides is 1. The second-order valence-electron chi connectivity index (χ2n) is 4.74. The highest BCUT2D eigenvalue weighted by molar-refractivity contribution is 5.75. The van der Waals surface area contributed by atoms with Gasteiger partial charge in [-0.05, 0) is 31.2 Å². The lowest BCUT2D eigenvalue weighted by Crippen LogP contribution is -2.33. The first-order chi connectivity index (χ1) is 11.1. The van der Waals surface area contributed by atoms with E-state index in [4.69, 9.17) is 9.47 Å². The molecular weight excluding hydrogens is 298 g/mol. The van der Waals surface area contributed by atoms with Crippen molar-refractivity contribution in [2.24, 2.45) is 0 Å². The van der Waals surface area contributed by atoms with Crippen LogP contribution in [-0.4, -0.2) is 36.5 Å². The van der Waals surface area contributed by atoms with Gasteiger partial charge in [-0.3, -0.25) is 9.59 Å². The van der Waals surface area contributed by atoms with E-state index in [2.05, 4.69) is 10.4 Å². The van der Waals surface area contributed by atoms with Crippen molar-refractivity contribution in [3.05, 3.63) is 40.7 Å². The summed E-state index contributed by atoms with van der Waals surface area (Å²) in [4.78, 5) is 23.5. The van der Waals surface area contributed by atoms with Crippen LogP contribution >= 0.6 is 0 Å². The SMILES string of the molecule is CCNC(=O)Cn1nc(-c2ccc(OC)c(OC)c2)ccc1=O. The Bertz CT molecular complexity index is 755. The minimum atomic E-state index is -0.333. The number of hydrogen-bond donors (Lipinski definition) is 1. The van der Waals surface area contributed by atoms with Gasteiger partial charge in [0.05, 0.1) is 19.9 Å². The molecule has 1 heterocycles. The third kappa shape index (κ3) is 3.88. The molecule has 0 saturated heterocycles. The number of carbonyl (C=O) groups excluding carboxylic acids is 1. The smallest absolute Gasteiger partial charge is 0.267 e. The molecule has 1 aromatic heterocycles. The predicted molar refractivity (Wildman–Crippen MR) is 85.7 cm³/mol. The average molecular weight is 317 g/mol. The molecule has 7 nitrogen and oxygen atoms in total. The van der Waals surface area contributed by atoms with Gasteiger partial charge in [-0.15, -0.1) is 0 Å². The molecule has 0 aliphatic heterocycles. The standard InChI is InChI=1S/C16H19N3O4/c1-4-17-15(20)10-19-16(21)8-6-12(18-19)11-5-7-13(22-2)14(9-11)23-3/h5-9H,4,10H2,1-3H3,(H,17,20). The molecule has 0 atom stereocenters. The number of aromatic nitrogens is 2. The van der Waals surface area contributed by atoms with Crippen molar-refractivity contribution in [1.82, 2.24) is 15.1 Å². The number of likely N-dealkylation sites (N-methyl/N-ethyl adjacent to an activating group) is 1. The lowest BCUT2D eigenvalue weighted by Gasteiger charge is -2.10. The summed E-state index contributed by atoms with van der Waals surface area (Å²) in [7, 11) is 3.10. The van der Waals surface area contributed by atoms with Crippen molar-refractivity contribution in [3.63, 3.8) is 0 Å². The zero-order valence-electron chi connectivity index (χ0n) is 13.3. The second-order valence-corrected chi connectivity index (χ2v) is 4.74. The molecule has 2 aromatic rings. The van der Waals surface area contributed by atoms with Crippen LogP contribution in [0.2, 0.25) is 0 Å². The topological polar surface area (TPSA) is 82.5 Å². The van der Waals surface area contributed by atoms with E-state index in [0.29, 0.717) is 23.7 Å². The molecule has 122 valence electrons. The fourth-order valence-electron chi connectivity index (χ4n) is 2.10. The summed E-state index contributed by atoms with van der Waals surface area (Å²) in [6, 6.07) is 8.33. The Hall–Kier alpha value is -2.83. The minimum absolute atomic E-state index is 0.117. The maximum Gasteiger partial charge on any atom is 0.267 e. The first-order valence-corrected chi connectivity index (χ1v) is 7.16. The monoisotopic (exact) mass is 317 g/mol. The van der Waals surface area contributed by atoms with Crippen LogP contribution in [0.4, 0.5) is 0 Å². The Morgan fingerprint density at radius 1 is 1.17 bits per heavy atom. The average Bonchev–Trinajstić information content (AvgIpc) is 2.56. The third-order valence-electron chi connectivity index (χ3n) is 3.21. The fourth-order valence-corrected chi connectivity index (χ4v) is 2.10. The molecule has 0 radical (unpaired) electrons. The first kappa shape index (κ1) is 16.5. The zero-order chi connectivity index (χ0) is 16.8. The summed E-state index contributed by atoms with van der Waals surface area (Å²) < 4.78 is 11.6. The van der Waals surface area contributed by atoms with Crippen LogP contribution in [0.5, 0.6) is 11.5 Å². The van der Waals surface area contributed by atoms with Gasteiger partial charge in [0.25, 0.3) is 5.56 Å². The van der Waals surface area contributed by atoms with Crippen LogP contribution in [0.15, 0.2) is 35.1 Å². The van der Waals surface area contributed by atoms with Gasteiger partial charge in [-0.2, -0.15) is 5.10 Å². The van der Waals surface area contributed by atoms with Gasteiger partial charge in [-0.1, -0.05) is 0 Å². The summed E-state index contributed by atoms with van der Waals surface area (Å²) in [5.74, 6) is 0.909. The number of rotatable bonds is 6. The minimum Gasteiger partial charge on any atom is -0.493 e. The van der Waals surface area contributed by atoms with Gasteiger partial charge in [0.15, 0.2) is 11.5 Å². The van der Waals surface area contributed by atoms with E-state index in [1.54, 1.807) is 32.4 Å². The van der Waals surface area contributed by atoms with Crippen molar-refractivity contribution >= 4 is 5.91 Å². The van der Waals surface area contributed by atoms with E-state index in [1.807, 2.05) is 13.0 Å². The summed E-state index contributed by atoms with van der Waals surface area (Å²) in [6.07, 6.45) is 0. The van der Waals surface area contributed by atoms with Gasteiger partial charge in [0.2, 0.25) is 5.91 Å². The normalized spacial score (nSPS) is 10.2. The molecule has 0 spiro atoms. The van der Waals surface area contributed by atoms with Gasteiger partial charge < -0.3 is 14.8 Å². The zero-order valence-corrected chi connectivity index (χ0v) is 13.3. The van der Waals surface area contributed by atoms with Crippen molar-refractivity contribution in [2.75, 3.05) is 20.8 Å². The fraction of sp³-hybridized carbons (Fsp3) is 0.312. The quantitative estimate of drug-likeness (QED) is 0.861. The van der Waals surface area contributed by atoms with Crippen LogP contribution < -0.4 is 20.3 Å². The van der Waals surface area contributed by atoms with Gasteiger partial charge in [-0.25, -0.2) is 4.68 Å². The molecule has 0 aliphatic rings. The van der Waals surface area contributed by atoms with E-state index in [-0.39, 0.29) is 18.0 Å². The van der Waals surface area contributed by atoms with Crippen LogP contribution in [0.1, 0.15) is 6.92 Å². The van der Waals surface area contributed by atoms with E-state index in [0.717, 1.165) is 10.2 Å². The van der Waals surface area contributed by atoms with E-state index >= 15 is 0 Å². The molecular formula is C16H19N3O4. The molecule has 0 aliphatic carbocycles. The molecule has 1 N–H and O–H groups in total. The predicted octanol–water partition coefficient (Wildman–Crippen LogP) is 1.06. The maximum absolute atomic E-state index is 11.8. The molecule has 0 saturated carbocycles. The molecule has 0 fully saturated rings. The highest BCUT2D eigenvalue weighted by atomic mass is 16.5. The molecule has 0 bridgehead atoms. The van der Waals surface area contributed by atoms with Gasteiger partial charge >= 0.3 is 0 Å². The highest BCUT2D eigenvalue weighted by Crippen LogP contribution is 2.31. The van der Waals surface area contributed by atoms with Crippen molar-refractivity contribution < 1.29 is 14.3 Å². The van der Waals surface area contributed by atoms with E-state index < -0.39 is 0 Å². The van der Waals surface area contributed by atoms with Crippen LogP contribution in [-0.2, 0) is 11.3 Å². The Morgan fingerprint density at radius 3 is 2.57 bits per heavy atom. The van der Waals surface area contributed by atoms with Crippen molar-refractivity contribution in [3.8, 4) is 22.8 Å². The van der Waals surface area contributed by atoms with Crippen LogP contribution in [0.3, 0.4) is 0 Å². The highest BCUT2D eigenvalue weighted by Gasteiger charge is 2.10. The number of hydrogen-bond acceptors (Lipinski definition) is 5. The summed E-state index contributed by atoms with van der Waals surface area (Å²) in [6.45, 7) is 2.20. The lowest BCUT2D eigenvalue weighted by atomic mass is 10.1. The molecule has 1 amide bonds. The van der Waals surface area contributed by atoms with Gasteiger partial charge in [0.1, 0.15) is 6.54 Å². The Kier molecular flexibility index (Phi) is 5.35.